The molecular weight excluding hydrogens is 330 g/mol. The third-order valence-electron chi connectivity index (χ3n) is 4.64. The molecule has 1 aliphatic heterocycles. The Labute approximate surface area is 141 Å². The van der Waals surface area contributed by atoms with Crippen LogP contribution in [0.2, 0.25) is 0 Å². The summed E-state index contributed by atoms with van der Waals surface area (Å²) in [5, 5.41) is 2.68. The number of amides is 1. The van der Waals surface area contributed by atoms with E-state index in [1.807, 2.05) is 19.9 Å². The Hall–Kier alpha value is -1.89. The lowest BCUT2D eigenvalue weighted by Gasteiger charge is -2.14. The molecule has 0 unspecified atom stereocenters. The van der Waals surface area contributed by atoms with E-state index in [4.69, 9.17) is 4.74 Å². The molecule has 1 aliphatic carbocycles. The molecule has 130 valence electrons. The summed E-state index contributed by atoms with van der Waals surface area (Å²) in [6.45, 7) is 3.74. The van der Waals surface area contributed by atoms with Crippen molar-refractivity contribution < 1.29 is 22.7 Å². The van der Waals surface area contributed by atoms with E-state index in [0.29, 0.717) is 24.2 Å². The van der Waals surface area contributed by atoms with Gasteiger partial charge in [-0.2, -0.15) is 0 Å². The van der Waals surface area contributed by atoms with Crippen LogP contribution in [0.5, 0.6) is 5.75 Å². The zero-order valence-corrected chi connectivity index (χ0v) is 14.6. The van der Waals surface area contributed by atoms with E-state index < -0.39 is 9.84 Å². The van der Waals surface area contributed by atoms with Gasteiger partial charge in [-0.3, -0.25) is 9.59 Å². The number of carbonyl (C=O) groups is 2. The van der Waals surface area contributed by atoms with Crippen molar-refractivity contribution in [2.75, 3.05) is 18.1 Å². The minimum Gasteiger partial charge on any atom is -0.483 e. The number of hydrogen-bond donors (Lipinski definition) is 1. The van der Waals surface area contributed by atoms with Gasteiger partial charge in [-0.25, -0.2) is 8.42 Å². The Bertz CT molecular complexity index is 799. The summed E-state index contributed by atoms with van der Waals surface area (Å²) >= 11 is 0. The average molecular weight is 351 g/mol. The third kappa shape index (κ3) is 3.31. The molecule has 0 spiro atoms. The smallest absolute Gasteiger partial charge is 0.258 e. The van der Waals surface area contributed by atoms with Crippen molar-refractivity contribution in [2.45, 2.75) is 38.6 Å². The monoisotopic (exact) mass is 351 g/mol. The van der Waals surface area contributed by atoms with Gasteiger partial charge in [0.15, 0.2) is 22.2 Å². The fourth-order valence-electron chi connectivity index (χ4n) is 3.55. The van der Waals surface area contributed by atoms with Crippen LogP contribution in [0.1, 0.15) is 47.2 Å². The number of hydrogen-bond acceptors (Lipinski definition) is 5. The van der Waals surface area contributed by atoms with Crippen LogP contribution in [-0.4, -0.2) is 44.3 Å². The van der Waals surface area contributed by atoms with E-state index in [0.717, 1.165) is 11.1 Å². The Balaban J connectivity index is 1.66. The van der Waals surface area contributed by atoms with Gasteiger partial charge in [0.1, 0.15) is 5.75 Å². The van der Waals surface area contributed by atoms with E-state index in [-0.39, 0.29) is 41.8 Å². The molecule has 1 aromatic carbocycles. The molecule has 2 aliphatic rings. The zero-order chi connectivity index (χ0) is 17.5. The number of carbonyl (C=O) groups excluding carboxylic acids is 2. The second-order valence-corrected chi connectivity index (χ2v) is 8.88. The largest absolute Gasteiger partial charge is 0.483 e. The number of Topliss-reactive ketones (excluding diaryl/α,β-unsaturated/α-hetero) is 1. The number of ketones is 1. The van der Waals surface area contributed by atoms with Crippen molar-refractivity contribution >= 4 is 21.5 Å². The van der Waals surface area contributed by atoms with Crippen molar-refractivity contribution in [1.29, 1.82) is 0 Å². The molecule has 1 saturated heterocycles. The van der Waals surface area contributed by atoms with Gasteiger partial charge < -0.3 is 10.1 Å². The minimum absolute atomic E-state index is 0.0192. The number of sulfone groups is 1. The molecule has 1 N–H and O–H groups in total. The van der Waals surface area contributed by atoms with Gasteiger partial charge in [-0.1, -0.05) is 13.0 Å². The molecule has 3 rings (SSSR count). The lowest BCUT2D eigenvalue weighted by molar-refractivity contribution is -0.123. The molecule has 0 bridgehead atoms. The first-order valence-electron chi connectivity index (χ1n) is 8.06. The van der Waals surface area contributed by atoms with E-state index in [1.54, 1.807) is 6.07 Å². The molecule has 1 fully saturated rings. The summed E-state index contributed by atoms with van der Waals surface area (Å²) in [4.78, 5) is 24.2. The molecule has 6 nitrogen and oxygen atoms in total. The van der Waals surface area contributed by atoms with Crippen molar-refractivity contribution in [3.05, 3.63) is 28.8 Å². The average Bonchev–Trinajstić information content (AvgIpc) is 2.98. The standard InChI is InChI=1S/C17H21NO5S/c1-10-3-4-14(17-13(19)7-11(2)16(10)17)23-8-15(20)18-12-5-6-24(21,22)9-12/h3-4,11-12H,5-9H2,1-2H3,(H,18,20)/t11-,12+/m1/s1. The van der Waals surface area contributed by atoms with Gasteiger partial charge >= 0.3 is 0 Å². The van der Waals surface area contributed by atoms with Gasteiger partial charge in [0.25, 0.3) is 5.91 Å². The fourth-order valence-corrected chi connectivity index (χ4v) is 5.22. The van der Waals surface area contributed by atoms with Crippen LogP contribution < -0.4 is 10.1 Å². The van der Waals surface area contributed by atoms with Crippen LogP contribution in [0, 0.1) is 6.92 Å². The first kappa shape index (κ1) is 17.0. The van der Waals surface area contributed by atoms with E-state index >= 15 is 0 Å². The maximum Gasteiger partial charge on any atom is 0.258 e. The van der Waals surface area contributed by atoms with Gasteiger partial charge in [-0.15, -0.1) is 0 Å². The molecule has 1 aromatic rings. The molecule has 24 heavy (non-hydrogen) atoms. The maximum absolute atomic E-state index is 12.2. The van der Waals surface area contributed by atoms with Gasteiger partial charge in [0, 0.05) is 12.5 Å². The third-order valence-corrected chi connectivity index (χ3v) is 6.41. The molecule has 7 heteroatoms. The molecule has 0 radical (unpaired) electrons. The van der Waals surface area contributed by atoms with Gasteiger partial charge in [0.05, 0.1) is 17.1 Å². The fraction of sp³-hybridized carbons (Fsp3) is 0.529. The second kappa shape index (κ2) is 6.20. The minimum atomic E-state index is -3.03. The first-order valence-corrected chi connectivity index (χ1v) is 9.88. The summed E-state index contributed by atoms with van der Waals surface area (Å²) in [7, 11) is -3.03. The van der Waals surface area contributed by atoms with Crippen LogP contribution in [0.3, 0.4) is 0 Å². The Morgan fingerprint density at radius 2 is 2.12 bits per heavy atom. The maximum atomic E-state index is 12.2. The highest BCUT2D eigenvalue weighted by Gasteiger charge is 2.32. The van der Waals surface area contributed by atoms with Crippen molar-refractivity contribution in [3.8, 4) is 5.75 Å². The summed E-state index contributed by atoms with van der Waals surface area (Å²) in [5.74, 6) is 0.349. The number of fused-ring (bicyclic) bond motifs is 1. The number of ether oxygens (including phenoxy) is 1. The Kier molecular flexibility index (Phi) is 4.38. The summed E-state index contributed by atoms with van der Waals surface area (Å²) < 4.78 is 28.4. The lowest BCUT2D eigenvalue weighted by atomic mass is 9.97. The molecular formula is C17H21NO5S. The number of rotatable bonds is 4. The predicted molar refractivity (Wildman–Crippen MR) is 89.2 cm³/mol. The lowest BCUT2D eigenvalue weighted by Crippen LogP contribution is -2.38. The Morgan fingerprint density at radius 3 is 2.79 bits per heavy atom. The number of nitrogens with one attached hydrogen (secondary N) is 1. The van der Waals surface area contributed by atoms with E-state index in [1.165, 1.54) is 0 Å². The SMILES string of the molecule is Cc1ccc(OCC(=O)N[C@H]2CCS(=O)(=O)C2)c2c1[C@H](C)CC2=O. The predicted octanol–water partition coefficient (Wildman–Crippen LogP) is 1.37. The summed E-state index contributed by atoms with van der Waals surface area (Å²) in [6.07, 6.45) is 0.896. The highest BCUT2D eigenvalue weighted by molar-refractivity contribution is 7.91. The molecule has 0 saturated carbocycles. The van der Waals surface area contributed by atoms with Crippen LogP contribution in [-0.2, 0) is 14.6 Å². The van der Waals surface area contributed by atoms with Crippen molar-refractivity contribution in [2.24, 2.45) is 0 Å². The topological polar surface area (TPSA) is 89.5 Å². The number of benzene rings is 1. The number of aryl methyl sites for hydroxylation is 1. The zero-order valence-electron chi connectivity index (χ0n) is 13.8. The summed E-state index contributed by atoms with van der Waals surface area (Å²) in [6, 6.07) is 3.26. The molecule has 1 heterocycles. The molecule has 0 aromatic heterocycles. The quantitative estimate of drug-likeness (QED) is 0.885. The van der Waals surface area contributed by atoms with E-state index in [2.05, 4.69) is 5.32 Å². The van der Waals surface area contributed by atoms with Crippen molar-refractivity contribution in [3.63, 3.8) is 0 Å². The second-order valence-electron chi connectivity index (χ2n) is 6.65. The normalized spacial score (nSPS) is 24.7. The van der Waals surface area contributed by atoms with Crippen LogP contribution >= 0.6 is 0 Å². The van der Waals surface area contributed by atoms with Crippen LogP contribution in [0.4, 0.5) is 0 Å². The van der Waals surface area contributed by atoms with Crippen LogP contribution in [0.15, 0.2) is 12.1 Å². The summed E-state index contributed by atoms with van der Waals surface area (Å²) in [5.41, 5.74) is 2.63. The van der Waals surface area contributed by atoms with Crippen molar-refractivity contribution in [1.82, 2.24) is 5.32 Å². The molecule has 2 atom stereocenters. The highest BCUT2D eigenvalue weighted by atomic mass is 32.2. The first-order chi connectivity index (χ1) is 11.3. The Morgan fingerprint density at radius 1 is 1.38 bits per heavy atom. The highest BCUT2D eigenvalue weighted by Crippen LogP contribution is 2.40. The van der Waals surface area contributed by atoms with Gasteiger partial charge in [-0.05, 0) is 36.5 Å². The van der Waals surface area contributed by atoms with E-state index in [9.17, 15) is 18.0 Å². The van der Waals surface area contributed by atoms with Gasteiger partial charge in [0.2, 0.25) is 0 Å². The molecule has 1 amide bonds. The van der Waals surface area contributed by atoms with Crippen LogP contribution in [0.25, 0.3) is 0 Å².